The number of hydrogen-bond donors (Lipinski definition) is 0. The Kier molecular flexibility index (Phi) is 4.71. The van der Waals surface area contributed by atoms with Crippen molar-refractivity contribution in [2.45, 2.75) is 25.7 Å². The van der Waals surface area contributed by atoms with Gasteiger partial charge in [-0.25, -0.2) is 15.0 Å². The van der Waals surface area contributed by atoms with Gasteiger partial charge in [0.05, 0.1) is 11.6 Å². The van der Waals surface area contributed by atoms with Crippen LogP contribution in [0.25, 0.3) is 21.6 Å². The summed E-state index contributed by atoms with van der Waals surface area (Å²) in [5.41, 5.74) is 2.45. The second-order valence-corrected chi connectivity index (χ2v) is 9.12. The van der Waals surface area contributed by atoms with E-state index in [1.807, 2.05) is 35.9 Å². The smallest absolute Gasteiger partial charge is 0.164 e. The summed E-state index contributed by atoms with van der Waals surface area (Å²) >= 11 is 1.86. The van der Waals surface area contributed by atoms with E-state index in [9.17, 15) is 0 Å². The predicted molar refractivity (Wildman–Crippen MR) is 124 cm³/mol. The first-order valence-electron chi connectivity index (χ1n) is 10.9. The van der Waals surface area contributed by atoms with E-state index in [0.29, 0.717) is 0 Å². The van der Waals surface area contributed by atoms with E-state index in [-0.39, 0.29) is 0 Å². The van der Waals surface area contributed by atoms with Crippen molar-refractivity contribution in [3.05, 3.63) is 53.6 Å². The molecule has 8 heteroatoms. The fraction of sp³-hybridized carbons (Fsp3) is 0.348. The highest BCUT2D eigenvalue weighted by atomic mass is 32.1. The molecule has 0 spiro atoms. The number of piperazine rings is 1. The minimum Gasteiger partial charge on any atom is -0.352 e. The highest BCUT2D eigenvalue weighted by Gasteiger charge is 2.26. The molecule has 1 aliphatic carbocycles. The van der Waals surface area contributed by atoms with Gasteiger partial charge in [0.25, 0.3) is 0 Å². The monoisotopic (exact) mass is 429 g/mol. The van der Waals surface area contributed by atoms with Crippen LogP contribution in [0.4, 0.5) is 11.6 Å². The lowest BCUT2D eigenvalue weighted by Crippen LogP contribution is -2.47. The van der Waals surface area contributed by atoms with Gasteiger partial charge in [0, 0.05) is 61.4 Å². The Balaban J connectivity index is 1.40. The van der Waals surface area contributed by atoms with Crippen molar-refractivity contribution in [2.24, 2.45) is 0 Å². The summed E-state index contributed by atoms with van der Waals surface area (Å²) in [4.78, 5) is 30.4. The lowest BCUT2D eigenvalue weighted by molar-refractivity contribution is 0.641. The third kappa shape index (κ3) is 3.40. The zero-order chi connectivity index (χ0) is 20.6. The van der Waals surface area contributed by atoms with Gasteiger partial charge in [0.15, 0.2) is 5.82 Å². The van der Waals surface area contributed by atoms with Crippen LogP contribution >= 0.6 is 11.3 Å². The molecule has 6 rings (SSSR count). The Morgan fingerprint density at radius 3 is 2.48 bits per heavy atom. The minimum atomic E-state index is 0.769. The predicted octanol–water partition coefficient (Wildman–Crippen LogP) is 3.75. The van der Waals surface area contributed by atoms with Crippen LogP contribution in [0.15, 0.2) is 43.1 Å². The second kappa shape index (κ2) is 7.85. The summed E-state index contributed by atoms with van der Waals surface area (Å²) in [5.74, 6) is 2.80. The van der Waals surface area contributed by atoms with Crippen molar-refractivity contribution in [2.75, 3.05) is 36.0 Å². The fourth-order valence-electron chi connectivity index (χ4n) is 4.59. The number of pyridine rings is 1. The summed E-state index contributed by atoms with van der Waals surface area (Å²) in [6, 6.07) is 3.99. The molecule has 156 valence electrons. The Labute approximate surface area is 184 Å². The number of nitrogens with zero attached hydrogens (tertiary/aromatic N) is 7. The van der Waals surface area contributed by atoms with Gasteiger partial charge in [0.2, 0.25) is 0 Å². The summed E-state index contributed by atoms with van der Waals surface area (Å²) in [6.45, 7) is 3.61. The van der Waals surface area contributed by atoms with Crippen LogP contribution in [0.1, 0.15) is 23.3 Å². The maximum atomic E-state index is 5.11. The molecule has 7 nitrogen and oxygen atoms in total. The van der Waals surface area contributed by atoms with Crippen molar-refractivity contribution in [3.63, 3.8) is 0 Å². The van der Waals surface area contributed by atoms with Gasteiger partial charge in [-0.2, -0.15) is 0 Å². The van der Waals surface area contributed by atoms with Crippen molar-refractivity contribution < 1.29 is 0 Å². The molecule has 0 radical (unpaired) electrons. The van der Waals surface area contributed by atoms with Gasteiger partial charge in [-0.3, -0.25) is 9.97 Å². The molecule has 1 fully saturated rings. The van der Waals surface area contributed by atoms with E-state index >= 15 is 0 Å². The quantitative estimate of drug-likeness (QED) is 0.491. The summed E-state index contributed by atoms with van der Waals surface area (Å²) < 4.78 is 0. The van der Waals surface area contributed by atoms with E-state index in [1.165, 1.54) is 35.1 Å². The SMILES string of the molecule is c1cncc(-c2nc(N3CCN(c4cnccn4)CC3)c3c4c(sc3n2)CCCC4)c1. The maximum Gasteiger partial charge on any atom is 0.164 e. The number of aromatic nitrogens is 5. The number of fused-ring (bicyclic) bond motifs is 3. The molecule has 0 atom stereocenters. The Bertz CT molecular complexity index is 1200. The highest BCUT2D eigenvalue weighted by Crippen LogP contribution is 2.41. The van der Waals surface area contributed by atoms with Crippen molar-refractivity contribution >= 4 is 33.2 Å². The minimum absolute atomic E-state index is 0.769. The maximum absolute atomic E-state index is 5.11. The lowest BCUT2D eigenvalue weighted by Gasteiger charge is -2.36. The molecule has 2 aliphatic rings. The molecule has 4 aromatic rings. The van der Waals surface area contributed by atoms with Crippen LogP contribution in [0, 0.1) is 0 Å². The summed E-state index contributed by atoms with van der Waals surface area (Å²) in [7, 11) is 0. The molecule has 1 saturated heterocycles. The average molecular weight is 430 g/mol. The van der Waals surface area contributed by atoms with E-state index in [2.05, 4.69) is 24.8 Å². The zero-order valence-corrected chi connectivity index (χ0v) is 18.1. The molecular weight excluding hydrogens is 406 g/mol. The summed E-state index contributed by atoms with van der Waals surface area (Å²) in [5, 5.41) is 1.28. The van der Waals surface area contributed by atoms with Crippen LogP contribution in [-0.2, 0) is 12.8 Å². The number of thiophene rings is 1. The first kappa shape index (κ1) is 18.6. The topological polar surface area (TPSA) is 70.9 Å². The molecule has 0 aromatic carbocycles. The molecule has 0 bridgehead atoms. The molecule has 0 amide bonds. The highest BCUT2D eigenvalue weighted by molar-refractivity contribution is 7.19. The van der Waals surface area contributed by atoms with Gasteiger partial charge in [-0.05, 0) is 43.4 Å². The van der Waals surface area contributed by atoms with E-state index in [4.69, 9.17) is 9.97 Å². The Hall–Kier alpha value is -3.13. The Morgan fingerprint density at radius 2 is 1.68 bits per heavy atom. The lowest BCUT2D eigenvalue weighted by atomic mass is 9.96. The number of aryl methyl sites for hydroxylation is 2. The molecule has 0 N–H and O–H groups in total. The van der Waals surface area contributed by atoms with Crippen LogP contribution in [0.2, 0.25) is 0 Å². The van der Waals surface area contributed by atoms with Crippen LogP contribution in [0.3, 0.4) is 0 Å². The molecule has 31 heavy (non-hydrogen) atoms. The molecular formula is C23H23N7S. The van der Waals surface area contributed by atoms with Gasteiger partial charge < -0.3 is 9.80 Å². The standard InChI is InChI=1S/C23H23N7S/c1-2-6-18-17(5-1)20-22(27-21(28-23(20)31-18)16-4-3-7-24-14-16)30-12-10-29(11-13-30)19-15-25-8-9-26-19/h3-4,7-9,14-15H,1-2,5-6,10-13H2. The molecule has 0 saturated carbocycles. The third-order valence-corrected chi connectivity index (χ3v) is 7.35. The Morgan fingerprint density at radius 1 is 0.839 bits per heavy atom. The van der Waals surface area contributed by atoms with E-state index < -0.39 is 0 Å². The third-order valence-electron chi connectivity index (χ3n) is 6.17. The van der Waals surface area contributed by atoms with E-state index in [0.717, 1.165) is 60.5 Å². The first-order chi connectivity index (χ1) is 15.4. The van der Waals surface area contributed by atoms with Crippen molar-refractivity contribution in [1.82, 2.24) is 24.9 Å². The largest absolute Gasteiger partial charge is 0.352 e. The first-order valence-corrected chi connectivity index (χ1v) is 11.7. The molecule has 5 heterocycles. The van der Waals surface area contributed by atoms with Gasteiger partial charge >= 0.3 is 0 Å². The number of anilines is 2. The van der Waals surface area contributed by atoms with Crippen LogP contribution in [-0.4, -0.2) is 51.1 Å². The average Bonchev–Trinajstić information content (AvgIpc) is 3.23. The van der Waals surface area contributed by atoms with Gasteiger partial charge in [0.1, 0.15) is 16.5 Å². The van der Waals surface area contributed by atoms with Crippen molar-refractivity contribution in [3.8, 4) is 11.4 Å². The number of rotatable bonds is 3. The zero-order valence-electron chi connectivity index (χ0n) is 17.2. The van der Waals surface area contributed by atoms with E-state index in [1.54, 1.807) is 18.6 Å². The number of hydrogen-bond acceptors (Lipinski definition) is 8. The molecule has 0 unspecified atom stereocenters. The molecule has 4 aromatic heterocycles. The fourth-order valence-corrected chi connectivity index (χ4v) is 5.85. The van der Waals surface area contributed by atoms with Crippen LogP contribution in [0.5, 0.6) is 0 Å². The van der Waals surface area contributed by atoms with Crippen molar-refractivity contribution in [1.29, 1.82) is 0 Å². The second-order valence-electron chi connectivity index (χ2n) is 8.04. The van der Waals surface area contributed by atoms with Gasteiger partial charge in [-0.15, -0.1) is 11.3 Å². The normalized spacial score (nSPS) is 16.5. The van der Waals surface area contributed by atoms with Gasteiger partial charge in [-0.1, -0.05) is 0 Å². The molecule has 1 aliphatic heterocycles. The summed E-state index contributed by atoms with van der Waals surface area (Å²) in [6.07, 6.45) is 13.8. The van der Waals surface area contributed by atoms with Crippen LogP contribution < -0.4 is 9.80 Å².